The highest BCUT2D eigenvalue weighted by molar-refractivity contribution is 5.98. The van der Waals surface area contributed by atoms with E-state index in [1.807, 2.05) is 18.2 Å². The maximum Gasteiger partial charge on any atom is 0.225 e. The normalized spacial score (nSPS) is 20.4. The van der Waals surface area contributed by atoms with E-state index in [1.165, 1.54) is 17.7 Å². The molecule has 5 heteroatoms. The van der Waals surface area contributed by atoms with Crippen LogP contribution in [0, 0.1) is 0 Å². The molecule has 1 unspecified atom stereocenters. The molecule has 0 spiro atoms. The average molecular weight is 493 g/mol. The molecule has 0 aliphatic carbocycles. The molecular weight excluding hydrogens is 464 g/mol. The van der Waals surface area contributed by atoms with Gasteiger partial charge in [-0.05, 0) is 48.2 Å². The topological polar surface area (TPSA) is 35.7 Å². The van der Waals surface area contributed by atoms with Crippen molar-refractivity contribution in [3.05, 3.63) is 90.0 Å². The van der Waals surface area contributed by atoms with Crippen LogP contribution in [0.5, 0.6) is 5.75 Å². The number of ether oxygens (including phenoxy) is 1. The monoisotopic (exact) mass is 492 g/mol. The van der Waals surface area contributed by atoms with Gasteiger partial charge in [-0.3, -0.25) is 0 Å². The van der Waals surface area contributed by atoms with E-state index >= 15 is 0 Å². The minimum atomic E-state index is -1.03. The van der Waals surface area contributed by atoms with Gasteiger partial charge in [0, 0.05) is 17.5 Å². The first-order valence-electron chi connectivity index (χ1n) is 11.1. The summed E-state index contributed by atoms with van der Waals surface area (Å²) in [6.45, 7) is 1.79. The Bertz CT molecular complexity index is 1080. The SMILES string of the molecule is COc1ccc(C2=[N+]3CCCCCN3C(O)(c3ccc(-c4ccccc4)cc3)C2)cc1.[Br-]. The number of halogens is 1. The number of benzene rings is 3. The second-order valence-electron chi connectivity index (χ2n) is 8.42. The first-order chi connectivity index (χ1) is 15.2. The smallest absolute Gasteiger partial charge is 0.225 e. The summed E-state index contributed by atoms with van der Waals surface area (Å²) in [5, 5.41) is 14.2. The van der Waals surface area contributed by atoms with Crippen molar-refractivity contribution in [1.29, 1.82) is 0 Å². The molecule has 2 heterocycles. The first kappa shape index (κ1) is 22.6. The van der Waals surface area contributed by atoms with Gasteiger partial charge >= 0.3 is 0 Å². The number of hydrogen-bond acceptors (Lipinski definition) is 3. The summed E-state index contributed by atoms with van der Waals surface area (Å²) in [7, 11) is 1.69. The second-order valence-corrected chi connectivity index (χ2v) is 8.42. The quantitative estimate of drug-likeness (QED) is 0.564. The van der Waals surface area contributed by atoms with Crippen molar-refractivity contribution in [2.75, 3.05) is 20.2 Å². The van der Waals surface area contributed by atoms with E-state index in [0.29, 0.717) is 6.42 Å². The van der Waals surface area contributed by atoms with Crippen LogP contribution >= 0.6 is 0 Å². The maximum absolute atomic E-state index is 12.0. The molecule has 166 valence electrons. The molecule has 1 N–H and O–H groups in total. The van der Waals surface area contributed by atoms with E-state index in [9.17, 15) is 5.11 Å². The van der Waals surface area contributed by atoms with E-state index < -0.39 is 5.72 Å². The third-order valence-electron chi connectivity index (χ3n) is 6.56. The van der Waals surface area contributed by atoms with Crippen molar-refractivity contribution >= 4 is 5.71 Å². The molecule has 1 atom stereocenters. The van der Waals surface area contributed by atoms with Crippen LogP contribution < -0.4 is 21.7 Å². The molecule has 0 saturated carbocycles. The zero-order chi connectivity index (χ0) is 21.3. The standard InChI is InChI=1S/C27H29N2O2.BrH/c1-31-25-16-12-23(13-17-25)26-20-27(30,29-19-7-3-6-18-28(26)29)24-14-10-22(11-15-24)21-8-4-2-5-9-21;/h2,4-5,8-17,30H,3,6-7,18-20H2,1H3;1H/q+1;/p-1. The molecule has 0 aromatic heterocycles. The lowest BCUT2D eigenvalue weighted by Gasteiger charge is -2.30. The maximum atomic E-state index is 12.0. The van der Waals surface area contributed by atoms with Crippen molar-refractivity contribution in [2.24, 2.45) is 0 Å². The number of rotatable bonds is 4. The van der Waals surface area contributed by atoms with Crippen LogP contribution in [-0.2, 0) is 5.72 Å². The Labute approximate surface area is 200 Å². The lowest BCUT2D eigenvalue weighted by atomic mass is 9.93. The molecule has 0 bridgehead atoms. The van der Waals surface area contributed by atoms with Gasteiger partial charge in [0.25, 0.3) is 0 Å². The van der Waals surface area contributed by atoms with Gasteiger partial charge in [0.1, 0.15) is 5.75 Å². The number of hydrazine groups is 1. The first-order valence-corrected chi connectivity index (χ1v) is 11.1. The molecule has 2 aliphatic rings. The Hall–Kier alpha value is -2.63. The van der Waals surface area contributed by atoms with Crippen LogP contribution in [0.2, 0.25) is 0 Å². The summed E-state index contributed by atoms with van der Waals surface area (Å²) in [5.74, 6) is 0.849. The van der Waals surface area contributed by atoms with Gasteiger partial charge in [-0.15, -0.1) is 9.69 Å². The van der Waals surface area contributed by atoms with Crippen molar-refractivity contribution in [3.8, 4) is 16.9 Å². The molecule has 4 nitrogen and oxygen atoms in total. The number of fused-ring (bicyclic) bond motifs is 1. The Morgan fingerprint density at radius 1 is 0.812 bits per heavy atom. The summed E-state index contributed by atoms with van der Waals surface area (Å²) in [6, 6.07) is 27.0. The third kappa shape index (κ3) is 4.07. The van der Waals surface area contributed by atoms with Crippen LogP contribution in [0.4, 0.5) is 0 Å². The molecule has 3 aromatic carbocycles. The highest BCUT2D eigenvalue weighted by atomic mass is 79.9. The van der Waals surface area contributed by atoms with E-state index in [2.05, 4.69) is 70.4 Å². The molecule has 32 heavy (non-hydrogen) atoms. The zero-order valence-electron chi connectivity index (χ0n) is 18.4. The number of nitrogens with zero attached hydrogens (tertiary/aromatic N) is 2. The Morgan fingerprint density at radius 2 is 1.47 bits per heavy atom. The van der Waals surface area contributed by atoms with Gasteiger partial charge in [0.2, 0.25) is 11.4 Å². The predicted molar refractivity (Wildman–Crippen MR) is 123 cm³/mol. The predicted octanol–water partition coefficient (Wildman–Crippen LogP) is 1.82. The summed E-state index contributed by atoms with van der Waals surface area (Å²) in [4.78, 5) is 0. The molecule has 0 radical (unpaired) electrons. The molecule has 0 amide bonds. The fourth-order valence-corrected chi connectivity index (χ4v) is 4.87. The minimum Gasteiger partial charge on any atom is -1.00 e. The lowest BCUT2D eigenvalue weighted by molar-refractivity contribution is -0.706. The van der Waals surface area contributed by atoms with Gasteiger partial charge < -0.3 is 26.8 Å². The molecule has 2 aliphatic heterocycles. The third-order valence-corrected chi connectivity index (χ3v) is 6.56. The molecule has 5 rings (SSSR count). The van der Waals surface area contributed by atoms with Crippen LogP contribution in [-0.4, -0.2) is 40.7 Å². The second kappa shape index (κ2) is 9.47. The molecule has 3 aromatic rings. The Kier molecular flexibility index (Phi) is 6.68. The Morgan fingerprint density at radius 3 is 2.16 bits per heavy atom. The zero-order valence-corrected chi connectivity index (χ0v) is 20.0. The van der Waals surface area contributed by atoms with Gasteiger partial charge in [-0.2, -0.15) is 0 Å². The van der Waals surface area contributed by atoms with E-state index in [1.54, 1.807) is 7.11 Å². The molecule has 1 saturated heterocycles. The number of hydrazone groups is 1. The van der Waals surface area contributed by atoms with Crippen LogP contribution in [0.15, 0.2) is 78.9 Å². The summed E-state index contributed by atoms with van der Waals surface area (Å²) in [6.07, 6.45) is 3.99. The number of hydrogen-bond donors (Lipinski definition) is 1. The van der Waals surface area contributed by atoms with Gasteiger partial charge in [0.15, 0.2) is 6.54 Å². The van der Waals surface area contributed by atoms with Crippen molar-refractivity contribution < 1.29 is 31.5 Å². The fraction of sp³-hybridized carbons (Fsp3) is 0.296. The van der Waals surface area contributed by atoms with Crippen molar-refractivity contribution in [2.45, 2.75) is 31.4 Å². The largest absolute Gasteiger partial charge is 1.00 e. The Balaban J connectivity index is 0.00000245. The minimum absolute atomic E-state index is 0. The van der Waals surface area contributed by atoms with Crippen molar-refractivity contribution in [1.82, 2.24) is 5.01 Å². The summed E-state index contributed by atoms with van der Waals surface area (Å²) < 4.78 is 7.65. The lowest BCUT2D eigenvalue weighted by Crippen LogP contribution is -3.00. The van der Waals surface area contributed by atoms with Gasteiger partial charge in [-0.1, -0.05) is 54.6 Å². The van der Waals surface area contributed by atoms with Gasteiger partial charge in [0.05, 0.1) is 20.1 Å². The van der Waals surface area contributed by atoms with E-state index in [4.69, 9.17) is 4.74 Å². The molecular formula is C27H29BrN2O2. The van der Waals surface area contributed by atoms with Gasteiger partial charge in [-0.25, -0.2) is 0 Å². The highest BCUT2D eigenvalue weighted by Crippen LogP contribution is 2.38. The van der Waals surface area contributed by atoms with Crippen LogP contribution in [0.3, 0.4) is 0 Å². The molecule has 1 fully saturated rings. The number of methoxy groups -OCH3 is 1. The highest BCUT2D eigenvalue weighted by Gasteiger charge is 2.52. The summed E-state index contributed by atoms with van der Waals surface area (Å²) >= 11 is 0. The average Bonchev–Trinajstić information content (AvgIpc) is 2.97. The summed E-state index contributed by atoms with van der Waals surface area (Å²) in [5.41, 5.74) is 4.59. The number of aliphatic hydroxyl groups is 1. The fourth-order valence-electron chi connectivity index (χ4n) is 4.87. The van der Waals surface area contributed by atoms with E-state index in [-0.39, 0.29) is 17.0 Å². The van der Waals surface area contributed by atoms with Crippen LogP contribution in [0.25, 0.3) is 11.1 Å². The van der Waals surface area contributed by atoms with E-state index in [0.717, 1.165) is 48.4 Å². The van der Waals surface area contributed by atoms with Crippen LogP contribution in [0.1, 0.15) is 36.8 Å². The van der Waals surface area contributed by atoms with Crippen molar-refractivity contribution in [3.63, 3.8) is 0 Å².